The molecule has 2 aromatic carbocycles. The molecule has 0 spiro atoms. The summed E-state index contributed by atoms with van der Waals surface area (Å²) in [5.41, 5.74) is 3.90. The first-order valence-electron chi connectivity index (χ1n) is 18.0. The number of fused-ring (bicyclic) bond motifs is 1. The van der Waals surface area contributed by atoms with E-state index < -0.39 is 23.8 Å². The molecule has 0 radical (unpaired) electrons. The number of nitrogens with one attached hydrogen (secondary N) is 1. The summed E-state index contributed by atoms with van der Waals surface area (Å²) in [6, 6.07) is 8.36. The van der Waals surface area contributed by atoms with Crippen LogP contribution in [0.3, 0.4) is 0 Å². The first kappa shape index (κ1) is 35.3. The Morgan fingerprint density at radius 2 is 1.48 bits per heavy atom. The average Bonchev–Trinajstić information content (AvgIpc) is 3.40. The lowest BCUT2D eigenvalue weighted by Crippen LogP contribution is -2.54. The molecule has 3 saturated heterocycles. The largest absolute Gasteiger partial charge is 0.496 e. The molecule has 1 unspecified atom stereocenters. The van der Waals surface area contributed by atoms with Crippen LogP contribution >= 0.6 is 0 Å². The highest BCUT2D eigenvalue weighted by Crippen LogP contribution is 2.36. The molecule has 4 aliphatic rings. The van der Waals surface area contributed by atoms with Crippen molar-refractivity contribution in [1.29, 1.82) is 0 Å². The van der Waals surface area contributed by atoms with Gasteiger partial charge in [0.25, 0.3) is 11.8 Å². The number of nitrogens with zero attached hydrogens (tertiary/aromatic N) is 6. The van der Waals surface area contributed by atoms with E-state index in [1.807, 2.05) is 18.2 Å². The molecule has 1 N–H and O–H groups in total. The van der Waals surface area contributed by atoms with Crippen molar-refractivity contribution < 1.29 is 28.7 Å². The van der Waals surface area contributed by atoms with Crippen LogP contribution in [0.5, 0.6) is 11.5 Å². The van der Waals surface area contributed by atoms with Gasteiger partial charge >= 0.3 is 5.69 Å². The number of aryl methyl sites for hydroxylation is 1. The quantitative estimate of drug-likeness (QED) is 0.309. The Kier molecular flexibility index (Phi) is 10.1. The smallest absolute Gasteiger partial charge is 0.347 e. The molecule has 14 nitrogen and oxygen atoms in total. The van der Waals surface area contributed by atoms with Crippen LogP contribution in [0.2, 0.25) is 0 Å². The number of piperidine rings is 2. The molecule has 0 bridgehead atoms. The Morgan fingerprint density at radius 1 is 0.808 bits per heavy atom. The molecular weight excluding hydrogens is 666 g/mol. The normalized spacial score (nSPS) is 20.3. The van der Waals surface area contributed by atoms with Crippen LogP contribution in [0.15, 0.2) is 47.5 Å². The summed E-state index contributed by atoms with van der Waals surface area (Å²) in [5, 5.41) is 2.24. The van der Waals surface area contributed by atoms with Crippen LogP contribution < -0.4 is 25.4 Å². The van der Waals surface area contributed by atoms with E-state index >= 15 is 0 Å². The summed E-state index contributed by atoms with van der Waals surface area (Å²) in [6.07, 6.45) is 6.81. The number of imide groups is 2. The third-order valence-corrected chi connectivity index (χ3v) is 11.0. The Labute approximate surface area is 302 Å². The number of ether oxygens (including phenoxy) is 2. The molecule has 4 aliphatic heterocycles. The number of anilines is 1. The molecule has 3 fully saturated rings. The highest BCUT2D eigenvalue weighted by atomic mass is 16.5. The predicted octanol–water partition coefficient (Wildman–Crippen LogP) is 2.29. The zero-order chi connectivity index (χ0) is 36.5. The number of amides is 4. The van der Waals surface area contributed by atoms with Gasteiger partial charge < -0.3 is 23.8 Å². The van der Waals surface area contributed by atoms with E-state index in [0.717, 1.165) is 104 Å². The number of rotatable bonds is 10. The number of hydrogen-bond donors (Lipinski definition) is 1. The molecule has 52 heavy (non-hydrogen) atoms. The van der Waals surface area contributed by atoms with Crippen LogP contribution in [0, 0.1) is 5.92 Å². The highest BCUT2D eigenvalue weighted by molar-refractivity contribution is 6.23. The maximum absolute atomic E-state index is 13.3. The summed E-state index contributed by atoms with van der Waals surface area (Å²) < 4.78 is 13.1. The third-order valence-electron chi connectivity index (χ3n) is 11.0. The lowest BCUT2D eigenvalue weighted by molar-refractivity contribution is -0.136. The van der Waals surface area contributed by atoms with Crippen molar-refractivity contribution in [3.05, 3.63) is 69.9 Å². The minimum Gasteiger partial charge on any atom is -0.496 e. The van der Waals surface area contributed by atoms with E-state index in [4.69, 9.17) is 9.47 Å². The first-order chi connectivity index (χ1) is 25.1. The van der Waals surface area contributed by atoms with E-state index in [9.17, 15) is 24.0 Å². The second-order valence-electron chi connectivity index (χ2n) is 14.1. The Morgan fingerprint density at radius 3 is 2.13 bits per heavy atom. The van der Waals surface area contributed by atoms with Crippen LogP contribution in [0.25, 0.3) is 11.1 Å². The van der Waals surface area contributed by atoms with Gasteiger partial charge in [-0.15, -0.1) is 0 Å². The molecule has 7 rings (SSSR count). The van der Waals surface area contributed by atoms with Gasteiger partial charge in [0, 0.05) is 82.9 Å². The van der Waals surface area contributed by atoms with Crippen molar-refractivity contribution >= 4 is 29.3 Å². The molecule has 1 aromatic heterocycles. The number of carbonyl (C=O) groups excluding carboxylic acids is 4. The number of piperazine rings is 1. The lowest BCUT2D eigenvalue weighted by Gasteiger charge is -2.37. The van der Waals surface area contributed by atoms with E-state index in [2.05, 4.69) is 25.0 Å². The van der Waals surface area contributed by atoms with Gasteiger partial charge in [-0.3, -0.25) is 34.3 Å². The van der Waals surface area contributed by atoms with Crippen molar-refractivity contribution in [2.24, 2.45) is 13.0 Å². The summed E-state index contributed by atoms with van der Waals surface area (Å²) >= 11 is 0. The Balaban J connectivity index is 0.887. The number of carbonyl (C=O) groups is 4. The minimum absolute atomic E-state index is 0.0987. The maximum atomic E-state index is 13.3. The molecule has 3 aromatic rings. The maximum Gasteiger partial charge on any atom is 0.347 e. The second kappa shape index (κ2) is 14.9. The van der Waals surface area contributed by atoms with Gasteiger partial charge in [0.1, 0.15) is 17.5 Å². The molecule has 1 atom stereocenters. The van der Waals surface area contributed by atoms with E-state index in [0.29, 0.717) is 23.6 Å². The standard InChI is InChI=1S/C38H45N7O7/c1-41-22-26(21-39-38(41)50)25-18-32(51-2)30(33(19-25)52-3)23-43-16-14-42(15-17-43)11-8-24-9-12-44(13-10-24)27-4-5-28-29(20-27)37(49)45(36(28)48)31-6-7-34(46)40-35(31)47/h4-5,18-22,24,31H,6-17,23H2,1-3H3,(H,40,46,47). The third kappa shape index (κ3) is 7.04. The van der Waals surface area contributed by atoms with Gasteiger partial charge in [-0.05, 0) is 74.0 Å². The SMILES string of the molecule is COc1cc(-c2cnc(=O)n(C)c2)cc(OC)c1CN1CCN(CCC2CCN(c3ccc4c(c3)C(=O)N(C3CCC(=O)NC3=O)C4=O)CC2)CC1. The summed E-state index contributed by atoms with van der Waals surface area (Å²) in [6.45, 7) is 7.37. The summed E-state index contributed by atoms with van der Waals surface area (Å²) in [5.74, 6) is 0.158. The highest BCUT2D eigenvalue weighted by Gasteiger charge is 2.44. The van der Waals surface area contributed by atoms with Crippen LogP contribution in [-0.4, -0.2) is 114 Å². The van der Waals surface area contributed by atoms with Crippen molar-refractivity contribution in [2.75, 3.05) is 64.9 Å². The van der Waals surface area contributed by atoms with E-state index in [1.165, 1.54) is 4.57 Å². The first-order valence-corrected chi connectivity index (χ1v) is 18.0. The van der Waals surface area contributed by atoms with Gasteiger partial charge in [0.15, 0.2) is 0 Å². The molecule has 14 heteroatoms. The van der Waals surface area contributed by atoms with Gasteiger partial charge in [-0.2, -0.15) is 0 Å². The van der Waals surface area contributed by atoms with Gasteiger partial charge in [0.05, 0.1) is 30.9 Å². The summed E-state index contributed by atoms with van der Waals surface area (Å²) in [7, 11) is 5.01. The molecule has 0 aliphatic carbocycles. The van der Waals surface area contributed by atoms with Crippen LogP contribution in [-0.2, 0) is 23.2 Å². The molecule has 274 valence electrons. The van der Waals surface area contributed by atoms with E-state index in [1.54, 1.807) is 45.8 Å². The van der Waals surface area contributed by atoms with Crippen LogP contribution in [0.1, 0.15) is 58.4 Å². The minimum atomic E-state index is -0.963. The molecular formula is C38H45N7O7. The molecule has 4 amide bonds. The number of aromatic nitrogens is 2. The molecule has 0 saturated carbocycles. The number of benzene rings is 2. The fourth-order valence-corrected chi connectivity index (χ4v) is 7.86. The van der Waals surface area contributed by atoms with E-state index in [-0.39, 0.29) is 24.4 Å². The van der Waals surface area contributed by atoms with Crippen molar-refractivity contribution in [2.45, 2.75) is 44.7 Å². The monoisotopic (exact) mass is 711 g/mol. The molecule has 5 heterocycles. The van der Waals surface area contributed by atoms with Crippen molar-refractivity contribution in [1.82, 2.24) is 29.6 Å². The van der Waals surface area contributed by atoms with Crippen molar-refractivity contribution in [3.8, 4) is 22.6 Å². The van der Waals surface area contributed by atoms with Crippen molar-refractivity contribution in [3.63, 3.8) is 0 Å². The van der Waals surface area contributed by atoms with Gasteiger partial charge in [-0.25, -0.2) is 9.78 Å². The topological polar surface area (TPSA) is 147 Å². The van der Waals surface area contributed by atoms with Gasteiger partial charge in [-0.1, -0.05) is 0 Å². The number of methoxy groups -OCH3 is 2. The lowest BCUT2D eigenvalue weighted by atomic mass is 9.92. The van der Waals surface area contributed by atoms with Gasteiger partial charge in [0.2, 0.25) is 11.8 Å². The second-order valence-corrected chi connectivity index (χ2v) is 14.1. The fraction of sp³-hybridized carbons (Fsp3) is 0.474. The zero-order valence-corrected chi connectivity index (χ0v) is 29.9. The Hall–Kier alpha value is -5.08. The fourth-order valence-electron chi connectivity index (χ4n) is 7.86. The predicted molar refractivity (Wildman–Crippen MR) is 192 cm³/mol. The van der Waals surface area contributed by atoms with Crippen LogP contribution in [0.4, 0.5) is 5.69 Å². The average molecular weight is 712 g/mol. The number of hydrogen-bond acceptors (Lipinski definition) is 11. The zero-order valence-electron chi connectivity index (χ0n) is 29.9. The Bertz CT molecular complexity index is 1920. The summed E-state index contributed by atoms with van der Waals surface area (Å²) in [4.78, 5) is 74.4.